The van der Waals surface area contributed by atoms with Crippen molar-refractivity contribution in [2.24, 2.45) is 5.73 Å². The summed E-state index contributed by atoms with van der Waals surface area (Å²) in [7, 11) is 0. The lowest BCUT2D eigenvalue weighted by molar-refractivity contribution is 0.525. The topological polar surface area (TPSA) is 39.2 Å². The van der Waals surface area contributed by atoms with Crippen LogP contribution in [0.3, 0.4) is 0 Å². The van der Waals surface area contributed by atoms with Crippen molar-refractivity contribution < 1.29 is 4.42 Å². The smallest absolute Gasteiger partial charge is 0.134 e. The van der Waals surface area contributed by atoms with E-state index in [1.54, 1.807) is 0 Å². The standard InChI is InChI=1S/C17H16ClNO/c1-2-11-3-8-15-13(9-11)10-16(20-15)17(19)12-4-6-14(18)7-5-12/h3-10,17H,2,19H2,1H3. The molecule has 3 heteroatoms. The molecule has 0 fully saturated rings. The van der Waals surface area contributed by atoms with Gasteiger partial charge in [-0.2, -0.15) is 0 Å². The molecule has 0 aliphatic carbocycles. The van der Waals surface area contributed by atoms with E-state index < -0.39 is 0 Å². The molecule has 0 amide bonds. The molecule has 1 unspecified atom stereocenters. The third-order valence-electron chi connectivity index (χ3n) is 3.54. The molecule has 1 aromatic heterocycles. The van der Waals surface area contributed by atoms with E-state index >= 15 is 0 Å². The number of furan rings is 1. The molecule has 0 saturated heterocycles. The molecule has 0 aliphatic rings. The molecule has 3 rings (SSSR count). The fourth-order valence-corrected chi connectivity index (χ4v) is 2.45. The first-order valence-corrected chi connectivity index (χ1v) is 7.08. The lowest BCUT2D eigenvalue weighted by Crippen LogP contribution is -2.10. The molecule has 1 atom stereocenters. The average molecular weight is 286 g/mol. The third kappa shape index (κ3) is 2.45. The van der Waals surface area contributed by atoms with Gasteiger partial charge in [0, 0.05) is 10.4 Å². The Morgan fingerprint density at radius 2 is 1.85 bits per heavy atom. The summed E-state index contributed by atoms with van der Waals surface area (Å²) in [4.78, 5) is 0. The van der Waals surface area contributed by atoms with Crippen LogP contribution in [0.15, 0.2) is 52.9 Å². The van der Waals surface area contributed by atoms with Gasteiger partial charge in [0.1, 0.15) is 11.3 Å². The Hall–Kier alpha value is -1.77. The molecule has 1 heterocycles. The Kier molecular flexibility index (Phi) is 3.51. The summed E-state index contributed by atoms with van der Waals surface area (Å²) in [6.45, 7) is 2.14. The Bertz CT molecular complexity index is 730. The van der Waals surface area contributed by atoms with E-state index in [4.69, 9.17) is 21.8 Å². The first-order valence-electron chi connectivity index (χ1n) is 6.71. The molecule has 2 nitrogen and oxygen atoms in total. The summed E-state index contributed by atoms with van der Waals surface area (Å²) in [5, 5.41) is 1.81. The second-order valence-corrected chi connectivity index (χ2v) is 5.34. The minimum atomic E-state index is -0.273. The number of hydrogen-bond acceptors (Lipinski definition) is 2. The quantitative estimate of drug-likeness (QED) is 0.758. The molecule has 3 aromatic rings. The maximum atomic E-state index is 6.26. The Balaban J connectivity index is 1.98. The van der Waals surface area contributed by atoms with Crippen molar-refractivity contribution in [3.63, 3.8) is 0 Å². The number of nitrogens with two attached hydrogens (primary N) is 1. The molecule has 0 aliphatic heterocycles. The van der Waals surface area contributed by atoms with Gasteiger partial charge in [0.2, 0.25) is 0 Å². The molecular formula is C17H16ClNO. The summed E-state index contributed by atoms with van der Waals surface area (Å²) >= 11 is 5.90. The van der Waals surface area contributed by atoms with Gasteiger partial charge in [-0.1, -0.05) is 36.7 Å². The van der Waals surface area contributed by atoms with Crippen molar-refractivity contribution in [1.29, 1.82) is 0 Å². The summed E-state index contributed by atoms with van der Waals surface area (Å²) in [6.07, 6.45) is 1.01. The summed E-state index contributed by atoms with van der Waals surface area (Å²) in [5.74, 6) is 0.774. The molecule has 0 radical (unpaired) electrons. The van der Waals surface area contributed by atoms with Crippen LogP contribution in [-0.2, 0) is 6.42 Å². The highest BCUT2D eigenvalue weighted by Crippen LogP contribution is 2.28. The summed E-state index contributed by atoms with van der Waals surface area (Å²) in [6, 6.07) is 15.5. The molecule has 20 heavy (non-hydrogen) atoms. The number of fused-ring (bicyclic) bond motifs is 1. The first kappa shape index (κ1) is 13.2. The normalized spacial score (nSPS) is 12.8. The fraction of sp³-hybridized carbons (Fsp3) is 0.176. The van der Waals surface area contributed by atoms with E-state index in [1.165, 1.54) is 5.56 Å². The van der Waals surface area contributed by atoms with Crippen LogP contribution in [0, 0.1) is 0 Å². The Morgan fingerprint density at radius 3 is 2.55 bits per heavy atom. The lowest BCUT2D eigenvalue weighted by Gasteiger charge is -2.08. The Morgan fingerprint density at radius 1 is 1.10 bits per heavy atom. The monoisotopic (exact) mass is 285 g/mol. The van der Waals surface area contributed by atoms with Crippen molar-refractivity contribution in [2.75, 3.05) is 0 Å². The van der Waals surface area contributed by atoms with E-state index in [0.717, 1.165) is 28.7 Å². The van der Waals surface area contributed by atoms with Gasteiger partial charge in [-0.25, -0.2) is 0 Å². The highest BCUT2D eigenvalue weighted by Gasteiger charge is 2.14. The van der Waals surface area contributed by atoms with Gasteiger partial charge < -0.3 is 10.2 Å². The molecule has 2 aromatic carbocycles. The predicted octanol–water partition coefficient (Wildman–Crippen LogP) is 4.70. The number of benzene rings is 2. The molecule has 0 bridgehead atoms. The highest BCUT2D eigenvalue weighted by molar-refractivity contribution is 6.30. The van der Waals surface area contributed by atoms with E-state index in [-0.39, 0.29) is 6.04 Å². The Labute approximate surface area is 123 Å². The van der Waals surface area contributed by atoms with E-state index in [9.17, 15) is 0 Å². The van der Waals surface area contributed by atoms with Crippen molar-refractivity contribution in [3.05, 3.63) is 70.4 Å². The molecule has 102 valence electrons. The third-order valence-corrected chi connectivity index (χ3v) is 3.80. The maximum Gasteiger partial charge on any atom is 0.134 e. The van der Waals surface area contributed by atoms with Gasteiger partial charge in [0.25, 0.3) is 0 Å². The SMILES string of the molecule is CCc1ccc2oc(C(N)c3ccc(Cl)cc3)cc2c1. The lowest BCUT2D eigenvalue weighted by atomic mass is 10.0. The zero-order valence-electron chi connectivity index (χ0n) is 11.3. The van der Waals surface area contributed by atoms with Gasteiger partial charge in [-0.05, 0) is 47.9 Å². The van der Waals surface area contributed by atoms with Crippen molar-refractivity contribution in [1.82, 2.24) is 0 Å². The molecule has 0 saturated carbocycles. The zero-order valence-corrected chi connectivity index (χ0v) is 12.0. The molecule has 2 N–H and O–H groups in total. The van der Waals surface area contributed by atoms with Gasteiger partial charge in [-0.3, -0.25) is 0 Å². The zero-order chi connectivity index (χ0) is 14.1. The van der Waals surface area contributed by atoms with Crippen molar-refractivity contribution in [2.45, 2.75) is 19.4 Å². The fourth-order valence-electron chi connectivity index (χ4n) is 2.32. The van der Waals surface area contributed by atoms with Crippen molar-refractivity contribution >= 4 is 22.6 Å². The largest absolute Gasteiger partial charge is 0.459 e. The predicted molar refractivity (Wildman–Crippen MR) is 83.1 cm³/mol. The molecule has 0 spiro atoms. The number of aryl methyl sites for hydroxylation is 1. The second-order valence-electron chi connectivity index (χ2n) is 4.90. The molecular weight excluding hydrogens is 270 g/mol. The van der Waals surface area contributed by atoms with Crippen LogP contribution in [0.5, 0.6) is 0 Å². The van der Waals surface area contributed by atoms with Gasteiger partial charge >= 0.3 is 0 Å². The van der Waals surface area contributed by atoms with Crippen LogP contribution < -0.4 is 5.73 Å². The average Bonchev–Trinajstić information content (AvgIpc) is 2.90. The van der Waals surface area contributed by atoms with E-state index in [1.807, 2.05) is 36.4 Å². The summed E-state index contributed by atoms with van der Waals surface area (Å²) in [5.41, 5.74) is 9.43. The number of halogens is 1. The van der Waals surface area contributed by atoms with Crippen molar-refractivity contribution in [3.8, 4) is 0 Å². The maximum absolute atomic E-state index is 6.26. The summed E-state index contributed by atoms with van der Waals surface area (Å²) < 4.78 is 5.86. The van der Waals surface area contributed by atoms with Crippen LogP contribution in [0.1, 0.15) is 29.9 Å². The second kappa shape index (κ2) is 5.31. The van der Waals surface area contributed by atoms with Crippen LogP contribution in [0.4, 0.5) is 0 Å². The van der Waals surface area contributed by atoms with Crippen LogP contribution in [0.25, 0.3) is 11.0 Å². The van der Waals surface area contributed by atoms with Gasteiger partial charge in [0.15, 0.2) is 0 Å². The number of hydrogen-bond donors (Lipinski definition) is 1. The minimum Gasteiger partial charge on any atom is -0.459 e. The van der Waals surface area contributed by atoms with Crippen LogP contribution in [0.2, 0.25) is 5.02 Å². The van der Waals surface area contributed by atoms with Gasteiger partial charge in [-0.15, -0.1) is 0 Å². The van der Waals surface area contributed by atoms with E-state index in [2.05, 4.69) is 19.1 Å². The van der Waals surface area contributed by atoms with Crippen LogP contribution in [-0.4, -0.2) is 0 Å². The minimum absolute atomic E-state index is 0.273. The van der Waals surface area contributed by atoms with Crippen LogP contribution >= 0.6 is 11.6 Å². The van der Waals surface area contributed by atoms with E-state index in [0.29, 0.717) is 5.02 Å². The number of rotatable bonds is 3. The van der Waals surface area contributed by atoms with Gasteiger partial charge in [0.05, 0.1) is 6.04 Å². The first-order chi connectivity index (χ1) is 9.67. The highest BCUT2D eigenvalue weighted by atomic mass is 35.5.